The number of carbonyl (C=O) groups is 2. The molecule has 4 heteroatoms. The number of hydrogen-bond donors (Lipinski definition) is 1. The van der Waals surface area contributed by atoms with E-state index in [0.29, 0.717) is 12.8 Å². The Balaban J connectivity index is 3.25. The molecule has 0 aliphatic heterocycles. The van der Waals surface area contributed by atoms with Gasteiger partial charge in [-0.2, -0.15) is 0 Å². The topological polar surface area (TPSA) is 63.6 Å². The maximum Gasteiger partial charge on any atom is 0.306 e. The number of carboxylic acids is 1. The van der Waals surface area contributed by atoms with E-state index in [1.807, 2.05) is 0 Å². The highest BCUT2D eigenvalue weighted by atomic mass is 16.5. The van der Waals surface area contributed by atoms with E-state index in [0.717, 1.165) is 25.7 Å². The van der Waals surface area contributed by atoms with E-state index in [-0.39, 0.29) is 12.1 Å². The van der Waals surface area contributed by atoms with Crippen molar-refractivity contribution in [2.24, 2.45) is 0 Å². The number of hydrogen-bond acceptors (Lipinski definition) is 3. The van der Waals surface area contributed by atoms with Crippen molar-refractivity contribution in [3.05, 3.63) is 0 Å². The predicted octanol–water partition coefficient (Wildman–Crippen LogP) is 15.2. The molecule has 0 heterocycles. The molecule has 0 saturated carbocycles. The molecule has 0 aromatic heterocycles. The Morgan fingerprint density at radius 2 is 0.646 bits per heavy atom. The average Bonchev–Trinajstić information content (AvgIpc) is 3.06. The SMILES string of the molecule is CCCCCCCCCCCCCCCCCCCCCC(=O)OC(C)CCCCCCCCCCCCCCCCCCCC(=O)O. The molecule has 0 aromatic carbocycles. The summed E-state index contributed by atoms with van der Waals surface area (Å²) in [5.74, 6) is -0.647. The maximum absolute atomic E-state index is 12.2. The highest BCUT2D eigenvalue weighted by Crippen LogP contribution is 2.17. The van der Waals surface area contributed by atoms with Gasteiger partial charge >= 0.3 is 11.9 Å². The standard InChI is InChI=1S/C44H86O4/c1-3-4-5-6-7-8-9-10-11-12-13-17-20-23-26-29-32-35-38-41-44(47)48-42(2)39-36-33-30-27-24-21-18-15-14-16-19-22-25-28-31-34-37-40-43(45)46/h42H,3-41H2,1-2H3,(H,45,46). The van der Waals surface area contributed by atoms with E-state index in [9.17, 15) is 9.59 Å². The molecule has 0 amide bonds. The van der Waals surface area contributed by atoms with Gasteiger partial charge in [0.15, 0.2) is 0 Å². The van der Waals surface area contributed by atoms with Crippen molar-refractivity contribution < 1.29 is 19.4 Å². The molecule has 4 nitrogen and oxygen atoms in total. The monoisotopic (exact) mass is 679 g/mol. The molecule has 0 aliphatic rings. The molecular weight excluding hydrogens is 592 g/mol. The van der Waals surface area contributed by atoms with Crippen LogP contribution in [-0.4, -0.2) is 23.1 Å². The normalized spacial score (nSPS) is 12.0. The molecule has 0 rings (SSSR count). The number of carboxylic acid groups (broad SMARTS) is 1. The maximum atomic E-state index is 12.2. The zero-order valence-corrected chi connectivity index (χ0v) is 32.8. The number of esters is 1. The fraction of sp³-hybridized carbons (Fsp3) is 0.955. The second-order valence-electron chi connectivity index (χ2n) is 15.4. The van der Waals surface area contributed by atoms with Crippen LogP contribution in [-0.2, 0) is 14.3 Å². The van der Waals surface area contributed by atoms with E-state index in [4.69, 9.17) is 9.84 Å². The summed E-state index contributed by atoms with van der Waals surface area (Å²) in [5, 5.41) is 8.65. The smallest absolute Gasteiger partial charge is 0.306 e. The van der Waals surface area contributed by atoms with Crippen LogP contribution in [0.5, 0.6) is 0 Å². The van der Waals surface area contributed by atoms with Crippen molar-refractivity contribution >= 4 is 11.9 Å². The first kappa shape index (κ1) is 46.9. The minimum atomic E-state index is -0.661. The number of rotatable bonds is 41. The summed E-state index contributed by atoms with van der Waals surface area (Å²) >= 11 is 0. The second-order valence-corrected chi connectivity index (χ2v) is 15.4. The second kappa shape index (κ2) is 40.4. The lowest BCUT2D eigenvalue weighted by atomic mass is 10.0. The Morgan fingerprint density at radius 1 is 0.396 bits per heavy atom. The quantitative estimate of drug-likeness (QED) is 0.0516. The zero-order chi connectivity index (χ0) is 35.0. The van der Waals surface area contributed by atoms with Crippen LogP contribution in [0, 0.1) is 0 Å². The van der Waals surface area contributed by atoms with Gasteiger partial charge in [-0.1, -0.05) is 219 Å². The summed E-state index contributed by atoms with van der Waals surface area (Å²) in [6.45, 7) is 4.36. The van der Waals surface area contributed by atoms with Gasteiger partial charge in [0.05, 0.1) is 6.10 Å². The van der Waals surface area contributed by atoms with E-state index in [1.165, 1.54) is 212 Å². The summed E-state index contributed by atoms with van der Waals surface area (Å²) in [7, 11) is 0. The lowest BCUT2D eigenvalue weighted by molar-refractivity contribution is -0.148. The highest BCUT2D eigenvalue weighted by Gasteiger charge is 2.09. The Labute approximate surface area is 301 Å². The third-order valence-corrected chi connectivity index (χ3v) is 10.3. The Kier molecular flexibility index (Phi) is 39.5. The first-order valence-corrected chi connectivity index (χ1v) is 22.0. The summed E-state index contributed by atoms with van der Waals surface area (Å²) in [6, 6.07) is 0. The van der Waals surface area contributed by atoms with Gasteiger partial charge in [0.1, 0.15) is 0 Å². The Morgan fingerprint density at radius 3 is 0.938 bits per heavy atom. The largest absolute Gasteiger partial charge is 0.481 e. The van der Waals surface area contributed by atoms with Gasteiger partial charge in [-0.25, -0.2) is 0 Å². The first-order valence-electron chi connectivity index (χ1n) is 22.0. The van der Waals surface area contributed by atoms with Gasteiger partial charge in [0.25, 0.3) is 0 Å². The van der Waals surface area contributed by atoms with Crippen LogP contribution in [0.1, 0.15) is 264 Å². The van der Waals surface area contributed by atoms with Gasteiger partial charge in [0.2, 0.25) is 0 Å². The van der Waals surface area contributed by atoms with E-state index in [2.05, 4.69) is 13.8 Å². The molecule has 0 bridgehead atoms. The van der Waals surface area contributed by atoms with Crippen LogP contribution in [0.4, 0.5) is 0 Å². The van der Waals surface area contributed by atoms with E-state index < -0.39 is 5.97 Å². The predicted molar refractivity (Wildman–Crippen MR) is 209 cm³/mol. The highest BCUT2D eigenvalue weighted by molar-refractivity contribution is 5.69. The van der Waals surface area contributed by atoms with Crippen molar-refractivity contribution in [1.29, 1.82) is 0 Å². The zero-order valence-electron chi connectivity index (χ0n) is 32.8. The van der Waals surface area contributed by atoms with Gasteiger partial charge in [-0.05, 0) is 32.6 Å². The fourth-order valence-corrected chi connectivity index (χ4v) is 7.05. The molecule has 0 radical (unpaired) electrons. The van der Waals surface area contributed by atoms with Crippen LogP contribution in [0.3, 0.4) is 0 Å². The minimum absolute atomic E-state index is 0.0134. The van der Waals surface area contributed by atoms with Crippen LogP contribution in [0.15, 0.2) is 0 Å². The van der Waals surface area contributed by atoms with Gasteiger partial charge < -0.3 is 9.84 Å². The summed E-state index contributed by atoms with van der Waals surface area (Å²) in [6.07, 6.45) is 49.9. The van der Waals surface area contributed by atoms with Crippen LogP contribution < -0.4 is 0 Å². The van der Waals surface area contributed by atoms with Gasteiger partial charge in [-0.15, -0.1) is 0 Å². The van der Waals surface area contributed by atoms with Crippen molar-refractivity contribution in [2.45, 2.75) is 270 Å². The number of ether oxygens (including phenoxy) is 1. The molecular formula is C44H86O4. The molecule has 0 saturated heterocycles. The minimum Gasteiger partial charge on any atom is -0.481 e. The van der Waals surface area contributed by atoms with Crippen LogP contribution >= 0.6 is 0 Å². The lowest BCUT2D eigenvalue weighted by Gasteiger charge is -2.13. The lowest BCUT2D eigenvalue weighted by Crippen LogP contribution is -2.14. The number of unbranched alkanes of at least 4 members (excludes halogenated alkanes) is 34. The van der Waals surface area contributed by atoms with Crippen LogP contribution in [0.25, 0.3) is 0 Å². The van der Waals surface area contributed by atoms with Crippen molar-refractivity contribution in [3.8, 4) is 0 Å². The third kappa shape index (κ3) is 41.1. The molecule has 0 aromatic rings. The molecule has 0 spiro atoms. The average molecular weight is 679 g/mol. The molecule has 48 heavy (non-hydrogen) atoms. The van der Waals surface area contributed by atoms with Crippen molar-refractivity contribution in [3.63, 3.8) is 0 Å². The molecule has 1 atom stereocenters. The van der Waals surface area contributed by atoms with Crippen LogP contribution in [0.2, 0.25) is 0 Å². The first-order chi connectivity index (χ1) is 23.6. The van der Waals surface area contributed by atoms with E-state index >= 15 is 0 Å². The van der Waals surface area contributed by atoms with Gasteiger partial charge in [0, 0.05) is 12.8 Å². The Bertz CT molecular complexity index is 648. The Hall–Kier alpha value is -1.06. The van der Waals surface area contributed by atoms with Gasteiger partial charge in [-0.3, -0.25) is 9.59 Å². The molecule has 1 N–H and O–H groups in total. The number of carbonyl (C=O) groups excluding carboxylic acids is 1. The molecule has 0 fully saturated rings. The molecule has 1 unspecified atom stereocenters. The van der Waals surface area contributed by atoms with Crippen molar-refractivity contribution in [2.75, 3.05) is 0 Å². The van der Waals surface area contributed by atoms with Crippen molar-refractivity contribution in [1.82, 2.24) is 0 Å². The third-order valence-electron chi connectivity index (χ3n) is 10.3. The molecule has 0 aliphatic carbocycles. The summed E-state index contributed by atoms with van der Waals surface area (Å²) in [4.78, 5) is 22.7. The fourth-order valence-electron chi connectivity index (χ4n) is 7.05. The number of aliphatic carboxylic acids is 1. The van der Waals surface area contributed by atoms with E-state index in [1.54, 1.807) is 0 Å². The molecule has 286 valence electrons. The summed E-state index contributed by atoms with van der Waals surface area (Å²) in [5.41, 5.74) is 0. The summed E-state index contributed by atoms with van der Waals surface area (Å²) < 4.78 is 5.67.